The molecule has 0 saturated carbocycles. The molecule has 0 saturated heterocycles. The van der Waals surface area contributed by atoms with E-state index < -0.39 is 6.04 Å². The van der Waals surface area contributed by atoms with Crippen LogP contribution in [0.5, 0.6) is 5.75 Å². The lowest BCUT2D eigenvalue weighted by atomic mass is 9.78. The second-order valence-corrected chi connectivity index (χ2v) is 7.96. The first kappa shape index (κ1) is 19.4. The summed E-state index contributed by atoms with van der Waals surface area (Å²) in [5.41, 5.74) is 4.77. The molecule has 2 atom stereocenters. The van der Waals surface area contributed by atoms with Crippen molar-refractivity contribution in [2.24, 2.45) is 0 Å². The van der Waals surface area contributed by atoms with E-state index in [0.29, 0.717) is 24.0 Å². The standard InChI is InChI=1S/C26H23FN2O2/c1-31-18-12-10-16(11-13-18)17-14-23-25(24(30)15-17)26(19-6-2-3-7-20(19)27)29-22-9-5-4-8-21(22)28-23/h2-13,17,26,28-29H,14-15H2,1H3/t17-,26-/m0/s1. The third kappa shape index (κ3) is 3.56. The highest BCUT2D eigenvalue weighted by atomic mass is 19.1. The molecule has 5 heteroatoms. The van der Waals surface area contributed by atoms with Crippen LogP contribution in [-0.4, -0.2) is 12.9 Å². The molecule has 4 nitrogen and oxygen atoms in total. The van der Waals surface area contributed by atoms with Crippen molar-refractivity contribution in [3.05, 3.63) is 101 Å². The van der Waals surface area contributed by atoms with Gasteiger partial charge in [-0.1, -0.05) is 42.5 Å². The number of rotatable bonds is 3. The minimum absolute atomic E-state index is 0.0307. The van der Waals surface area contributed by atoms with Crippen molar-refractivity contribution in [3.63, 3.8) is 0 Å². The van der Waals surface area contributed by atoms with Crippen molar-refractivity contribution in [3.8, 4) is 5.75 Å². The maximum Gasteiger partial charge on any atom is 0.163 e. The molecule has 2 N–H and O–H groups in total. The van der Waals surface area contributed by atoms with Gasteiger partial charge in [0.2, 0.25) is 0 Å². The van der Waals surface area contributed by atoms with Crippen LogP contribution in [0.4, 0.5) is 15.8 Å². The Morgan fingerprint density at radius 3 is 2.35 bits per heavy atom. The van der Waals surface area contributed by atoms with Crippen LogP contribution in [0.3, 0.4) is 0 Å². The van der Waals surface area contributed by atoms with Crippen LogP contribution in [0.15, 0.2) is 84.1 Å². The Hall–Kier alpha value is -3.60. The Morgan fingerprint density at radius 1 is 0.903 bits per heavy atom. The lowest BCUT2D eigenvalue weighted by Gasteiger charge is -2.30. The number of ether oxygens (including phenoxy) is 1. The fourth-order valence-corrected chi connectivity index (χ4v) is 4.55. The molecule has 3 aromatic carbocycles. The Balaban J connectivity index is 1.59. The van der Waals surface area contributed by atoms with E-state index in [-0.39, 0.29) is 17.5 Å². The molecule has 0 aromatic heterocycles. The SMILES string of the molecule is COc1ccc([C@@H]2CC(=O)C3=C(C2)Nc2ccccc2N[C@H]3c2ccccc2F)cc1. The number of benzene rings is 3. The van der Waals surface area contributed by atoms with Crippen molar-refractivity contribution in [2.75, 3.05) is 17.7 Å². The predicted octanol–water partition coefficient (Wildman–Crippen LogP) is 5.81. The smallest absolute Gasteiger partial charge is 0.163 e. The van der Waals surface area contributed by atoms with Crippen LogP contribution in [0.1, 0.15) is 35.9 Å². The second kappa shape index (κ2) is 7.91. The zero-order valence-corrected chi connectivity index (χ0v) is 17.2. The van der Waals surface area contributed by atoms with Gasteiger partial charge in [0, 0.05) is 23.3 Å². The number of methoxy groups -OCH3 is 1. The summed E-state index contributed by atoms with van der Waals surface area (Å²) in [6.07, 6.45) is 1.06. The lowest BCUT2D eigenvalue weighted by molar-refractivity contribution is -0.116. The van der Waals surface area contributed by atoms with E-state index in [2.05, 4.69) is 10.6 Å². The minimum Gasteiger partial charge on any atom is -0.497 e. The number of anilines is 2. The molecule has 0 bridgehead atoms. The molecule has 5 rings (SSSR count). The summed E-state index contributed by atoms with van der Waals surface area (Å²) >= 11 is 0. The largest absolute Gasteiger partial charge is 0.497 e. The molecule has 0 radical (unpaired) electrons. The number of carbonyl (C=O) groups is 1. The number of allylic oxidation sites excluding steroid dienone is 1. The van der Waals surface area contributed by atoms with E-state index in [4.69, 9.17) is 4.74 Å². The third-order valence-corrected chi connectivity index (χ3v) is 6.11. The zero-order chi connectivity index (χ0) is 21.4. The quantitative estimate of drug-likeness (QED) is 0.568. The van der Waals surface area contributed by atoms with Gasteiger partial charge in [-0.3, -0.25) is 4.79 Å². The molecule has 1 aliphatic heterocycles. The Morgan fingerprint density at radius 2 is 1.61 bits per heavy atom. The Bertz CT molecular complexity index is 1170. The topological polar surface area (TPSA) is 50.4 Å². The van der Waals surface area contributed by atoms with Gasteiger partial charge in [0.15, 0.2) is 5.78 Å². The minimum atomic E-state index is -0.545. The highest BCUT2D eigenvalue weighted by Gasteiger charge is 2.36. The summed E-state index contributed by atoms with van der Waals surface area (Å²) < 4.78 is 20.0. The lowest BCUT2D eigenvalue weighted by Crippen LogP contribution is -2.27. The summed E-state index contributed by atoms with van der Waals surface area (Å²) in [5.74, 6) is 0.548. The molecule has 2 aliphatic rings. The van der Waals surface area contributed by atoms with Crippen molar-refractivity contribution < 1.29 is 13.9 Å². The first-order chi connectivity index (χ1) is 15.1. The Kier molecular flexibility index (Phi) is 4.94. The first-order valence-corrected chi connectivity index (χ1v) is 10.4. The molecule has 1 heterocycles. The summed E-state index contributed by atoms with van der Waals surface area (Å²) in [5, 5.41) is 6.90. The summed E-state index contributed by atoms with van der Waals surface area (Å²) in [7, 11) is 1.64. The summed E-state index contributed by atoms with van der Waals surface area (Å²) in [6.45, 7) is 0. The van der Waals surface area contributed by atoms with Crippen LogP contribution < -0.4 is 15.4 Å². The fraction of sp³-hybridized carbons (Fsp3) is 0.192. The number of nitrogens with one attached hydrogen (secondary N) is 2. The molecule has 3 aromatic rings. The van der Waals surface area contributed by atoms with Gasteiger partial charge in [-0.2, -0.15) is 0 Å². The monoisotopic (exact) mass is 414 g/mol. The number of Topliss-reactive ketones (excluding diaryl/α,β-unsaturated/α-hetero) is 1. The summed E-state index contributed by atoms with van der Waals surface area (Å²) in [4.78, 5) is 13.4. The average Bonchev–Trinajstić information content (AvgIpc) is 2.96. The zero-order valence-electron chi connectivity index (χ0n) is 17.2. The van der Waals surface area contributed by atoms with E-state index in [1.54, 1.807) is 25.3 Å². The Labute approximate surface area is 180 Å². The second-order valence-electron chi connectivity index (χ2n) is 7.96. The van der Waals surface area contributed by atoms with Crippen molar-refractivity contribution >= 4 is 17.2 Å². The molecular formula is C26H23FN2O2. The molecule has 1 aliphatic carbocycles. The number of hydrogen-bond acceptors (Lipinski definition) is 4. The molecule has 0 amide bonds. The maximum absolute atomic E-state index is 14.8. The van der Waals surface area contributed by atoms with Gasteiger partial charge >= 0.3 is 0 Å². The van der Waals surface area contributed by atoms with Crippen LogP contribution in [0, 0.1) is 5.82 Å². The van der Waals surface area contributed by atoms with Gasteiger partial charge in [0.1, 0.15) is 11.6 Å². The number of ketones is 1. The fourth-order valence-electron chi connectivity index (χ4n) is 4.55. The third-order valence-electron chi connectivity index (χ3n) is 6.11. The number of para-hydroxylation sites is 2. The normalized spacial score (nSPS) is 20.1. The number of fused-ring (bicyclic) bond motifs is 1. The molecule has 0 spiro atoms. The average molecular weight is 414 g/mol. The van der Waals surface area contributed by atoms with Crippen LogP contribution in [0.2, 0.25) is 0 Å². The van der Waals surface area contributed by atoms with Crippen LogP contribution in [-0.2, 0) is 4.79 Å². The van der Waals surface area contributed by atoms with Gasteiger partial charge in [0.25, 0.3) is 0 Å². The van der Waals surface area contributed by atoms with Crippen molar-refractivity contribution in [2.45, 2.75) is 24.8 Å². The van der Waals surface area contributed by atoms with Gasteiger partial charge < -0.3 is 15.4 Å². The highest BCUT2D eigenvalue weighted by Crippen LogP contribution is 2.44. The highest BCUT2D eigenvalue weighted by molar-refractivity contribution is 6.01. The van der Waals surface area contributed by atoms with Crippen molar-refractivity contribution in [1.29, 1.82) is 0 Å². The molecule has 156 valence electrons. The van der Waals surface area contributed by atoms with E-state index >= 15 is 0 Å². The molecule has 0 unspecified atom stereocenters. The van der Waals surface area contributed by atoms with Gasteiger partial charge in [0.05, 0.1) is 24.5 Å². The van der Waals surface area contributed by atoms with E-state index in [1.807, 2.05) is 48.5 Å². The van der Waals surface area contributed by atoms with Gasteiger partial charge in [-0.15, -0.1) is 0 Å². The molecular weight excluding hydrogens is 391 g/mol. The van der Waals surface area contributed by atoms with E-state index in [1.165, 1.54) is 6.07 Å². The molecule has 31 heavy (non-hydrogen) atoms. The summed E-state index contributed by atoms with van der Waals surface area (Å²) in [6, 6.07) is 21.8. The van der Waals surface area contributed by atoms with Crippen molar-refractivity contribution in [1.82, 2.24) is 0 Å². The predicted molar refractivity (Wildman–Crippen MR) is 120 cm³/mol. The number of hydrogen-bond donors (Lipinski definition) is 2. The molecule has 0 fully saturated rings. The number of halogens is 1. The van der Waals surface area contributed by atoms with Gasteiger partial charge in [-0.05, 0) is 48.2 Å². The van der Waals surface area contributed by atoms with Crippen LogP contribution >= 0.6 is 0 Å². The number of carbonyl (C=O) groups excluding carboxylic acids is 1. The van der Waals surface area contributed by atoms with E-state index in [9.17, 15) is 9.18 Å². The maximum atomic E-state index is 14.8. The van der Waals surface area contributed by atoms with Gasteiger partial charge in [-0.25, -0.2) is 4.39 Å². The first-order valence-electron chi connectivity index (χ1n) is 10.4. The van der Waals surface area contributed by atoms with E-state index in [0.717, 1.165) is 28.4 Å². The van der Waals surface area contributed by atoms with Crippen LogP contribution in [0.25, 0.3) is 0 Å².